The normalized spacial score (nSPS) is 23.4. The van der Waals surface area contributed by atoms with E-state index in [0.29, 0.717) is 0 Å². The second-order valence-corrected chi connectivity index (χ2v) is 4.96. The third-order valence-corrected chi connectivity index (χ3v) is 3.37. The Labute approximate surface area is 89.9 Å². The fourth-order valence-corrected chi connectivity index (χ4v) is 2.32. The number of hydrogen-bond acceptors (Lipinski definition) is 1. The maximum atomic E-state index is 2.66. The molecule has 0 amide bonds. The molecule has 0 atom stereocenters. The van der Waals surface area contributed by atoms with Crippen LogP contribution in [0.3, 0.4) is 0 Å². The van der Waals surface area contributed by atoms with Crippen LogP contribution >= 0.6 is 0 Å². The van der Waals surface area contributed by atoms with Crippen LogP contribution in [-0.2, 0) is 0 Å². The quantitative estimate of drug-likeness (QED) is 0.617. The van der Waals surface area contributed by atoms with E-state index in [1.807, 2.05) is 0 Å². The molecule has 1 rings (SSSR count). The summed E-state index contributed by atoms with van der Waals surface area (Å²) in [5.74, 6) is 0. The van der Waals surface area contributed by atoms with Crippen molar-refractivity contribution in [3.8, 4) is 0 Å². The van der Waals surface area contributed by atoms with Gasteiger partial charge in [-0.15, -0.1) is 0 Å². The maximum Gasteiger partial charge on any atom is 0.00385 e. The Morgan fingerprint density at radius 1 is 0.643 bits per heavy atom. The monoisotopic (exact) mass is 197 g/mol. The van der Waals surface area contributed by atoms with E-state index in [4.69, 9.17) is 0 Å². The molecule has 0 aromatic heterocycles. The van der Waals surface area contributed by atoms with Gasteiger partial charge < -0.3 is 4.90 Å². The van der Waals surface area contributed by atoms with Gasteiger partial charge in [0.1, 0.15) is 0 Å². The van der Waals surface area contributed by atoms with Gasteiger partial charge in [0.2, 0.25) is 0 Å². The molecule has 0 unspecified atom stereocenters. The van der Waals surface area contributed by atoms with Gasteiger partial charge >= 0.3 is 0 Å². The zero-order valence-electron chi connectivity index (χ0n) is 10.1. The molecule has 1 heterocycles. The lowest BCUT2D eigenvalue weighted by Crippen LogP contribution is -2.32. The topological polar surface area (TPSA) is 3.24 Å². The van der Waals surface area contributed by atoms with Gasteiger partial charge in [0.05, 0.1) is 0 Å². The molecule has 0 saturated carbocycles. The van der Waals surface area contributed by atoms with Gasteiger partial charge in [-0.25, -0.2) is 0 Å². The van der Waals surface area contributed by atoms with E-state index < -0.39 is 0 Å². The van der Waals surface area contributed by atoms with E-state index in [1.54, 1.807) is 0 Å². The Balaban J connectivity index is 2.27. The van der Waals surface area contributed by atoms with Gasteiger partial charge in [-0.2, -0.15) is 0 Å². The fourth-order valence-electron chi connectivity index (χ4n) is 2.32. The van der Waals surface area contributed by atoms with Crippen LogP contribution in [0.15, 0.2) is 0 Å². The summed E-state index contributed by atoms with van der Waals surface area (Å²) in [5.41, 5.74) is 0. The first-order chi connectivity index (χ1) is 6.80. The summed E-state index contributed by atoms with van der Waals surface area (Å²) in [4.78, 5) is 2.66. The minimum absolute atomic E-state index is 0.746. The maximum absolute atomic E-state index is 2.66. The van der Waals surface area contributed by atoms with Crippen LogP contribution in [0.4, 0.5) is 0 Å². The van der Waals surface area contributed by atoms with Crippen molar-refractivity contribution in [1.82, 2.24) is 4.90 Å². The van der Waals surface area contributed by atoms with Crippen LogP contribution in [0.25, 0.3) is 0 Å². The zero-order chi connectivity index (χ0) is 10.2. The molecule has 0 aliphatic carbocycles. The lowest BCUT2D eigenvalue weighted by atomic mass is 10.1. The molecule has 0 aromatic carbocycles. The van der Waals surface area contributed by atoms with E-state index in [0.717, 1.165) is 6.04 Å². The third-order valence-electron chi connectivity index (χ3n) is 3.37. The van der Waals surface area contributed by atoms with Crippen molar-refractivity contribution in [2.75, 3.05) is 13.1 Å². The lowest BCUT2D eigenvalue weighted by molar-refractivity contribution is 0.214. The molecule has 1 aliphatic rings. The average Bonchev–Trinajstić information content (AvgIpc) is 2.21. The second-order valence-electron chi connectivity index (χ2n) is 4.96. The molecule has 1 heteroatoms. The van der Waals surface area contributed by atoms with Crippen LogP contribution in [0.2, 0.25) is 0 Å². The molecule has 0 aromatic rings. The molecular formula is C13H27N. The molecule has 1 aliphatic heterocycles. The third kappa shape index (κ3) is 4.99. The van der Waals surface area contributed by atoms with Crippen molar-refractivity contribution in [2.24, 2.45) is 0 Å². The first-order valence-electron chi connectivity index (χ1n) is 6.55. The summed E-state index contributed by atoms with van der Waals surface area (Å²) in [6.45, 7) is 7.33. The minimum atomic E-state index is 0.746. The molecule has 1 saturated heterocycles. The van der Waals surface area contributed by atoms with Gasteiger partial charge in [0.25, 0.3) is 0 Å². The molecule has 1 fully saturated rings. The summed E-state index contributed by atoms with van der Waals surface area (Å²) in [6.07, 6.45) is 11.6. The van der Waals surface area contributed by atoms with Gasteiger partial charge in [-0.05, 0) is 39.8 Å². The highest BCUT2D eigenvalue weighted by Crippen LogP contribution is 2.13. The highest BCUT2D eigenvalue weighted by atomic mass is 15.1. The smallest absolute Gasteiger partial charge is 0.00385 e. The van der Waals surface area contributed by atoms with Gasteiger partial charge in [-0.1, -0.05) is 38.5 Å². The largest absolute Gasteiger partial charge is 0.301 e. The number of hydrogen-bond donors (Lipinski definition) is 0. The zero-order valence-corrected chi connectivity index (χ0v) is 10.1. The molecular weight excluding hydrogens is 170 g/mol. The molecule has 0 radical (unpaired) electrons. The van der Waals surface area contributed by atoms with Crippen molar-refractivity contribution in [2.45, 2.75) is 71.3 Å². The van der Waals surface area contributed by atoms with Crippen molar-refractivity contribution < 1.29 is 0 Å². The summed E-state index contributed by atoms with van der Waals surface area (Å²) < 4.78 is 0. The SMILES string of the molecule is CC(C)N1CCCCCCCCCC1. The highest BCUT2D eigenvalue weighted by Gasteiger charge is 2.08. The lowest BCUT2D eigenvalue weighted by Gasteiger charge is -2.26. The molecule has 14 heavy (non-hydrogen) atoms. The Hall–Kier alpha value is -0.0400. The van der Waals surface area contributed by atoms with Crippen molar-refractivity contribution in [1.29, 1.82) is 0 Å². The predicted molar refractivity (Wildman–Crippen MR) is 63.6 cm³/mol. The van der Waals surface area contributed by atoms with Crippen LogP contribution < -0.4 is 0 Å². The van der Waals surface area contributed by atoms with Crippen LogP contribution in [-0.4, -0.2) is 24.0 Å². The van der Waals surface area contributed by atoms with E-state index in [2.05, 4.69) is 18.7 Å². The minimum Gasteiger partial charge on any atom is -0.301 e. The van der Waals surface area contributed by atoms with Gasteiger partial charge in [0.15, 0.2) is 0 Å². The summed E-state index contributed by atoms with van der Waals surface area (Å²) >= 11 is 0. The Morgan fingerprint density at radius 3 is 1.36 bits per heavy atom. The molecule has 84 valence electrons. The van der Waals surface area contributed by atoms with Crippen LogP contribution in [0.5, 0.6) is 0 Å². The van der Waals surface area contributed by atoms with Crippen LogP contribution in [0.1, 0.15) is 65.2 Å². The summed E-state index contributed by atoms with van der Waals surface area (Å²) in [5, 5.41) is 0. The number of rotatable bonds is 1. The first-order valence-corrected chi connectivity index (χ1v) is 6.55. The Kier molecular flexibility index (Phi) is 6.25. The predicted octanol–water partition coefficient (Wildman–Crippen LogP) is 3.83. The summed E-state index contributed by atoms with van der Waals surface area (Å²) in [6, 6.07) is 0.746. The van der Waals surface area contributed by atoms with E-state index in [9.17, 15) is 0 Å². The van der Waals surface area contributed by atoms with Crippen molar-refractivity contribution >= 4 is 0 Å². The summed E-state index contributed by atoms with van der Waals surface area (Å²) in [7, 11) is 0. The molecule has 1 nitrogen and oxygen atoms in total. The Morgan fingerprint density at radius 2 is 1.00 bits per heavy atom. The second kappa shape index (κ2) is 7.28. The standard InChI is InChI=1S/C13H27N/c1-13(2)14-11-9-7-5-3-4-6-8-10-12-14/h13H,3-12H2,1-2H3. The Bertz CT molecular complexity index is 119. The van der Waals surface area contributed by atoms with Gasteiger partial charge in [0, 0.05) is 6.04 Å². The van der Waals surface area contributed by atoms with E-state index in [1.165, 1.54) is 64.5 Å². The number of nitrogens with zero attached hydrogens (tertiary/aromatic N) is 1. The molecule has 0 bridgehead atoms. The fraction of sp³-hybridized carbons (Fsp3) is 1.00. The van der Waals surface area contributed by atoms with Crippen molar-refractivity contribution in [3.05, 3.63) is 0 Å². The van der Waals surface area contributed by atoms with Gasteiger partial charge in [-0.3, -0.25) is 0 Å². The molecule has 0 spiro atoms. The highest BCUT2D eigenvalue weighted by molar-refractivity contribution is 4.64. The van der Waals surface area contributed by atoms with Crippen LogP contribution in [0, 0.1) is 0 Å². The first kappa shape index (κ1) is 12.0. The molecule has 0 N–H and O–H groups in total. The van der Waals surface area contributed by atoms with E-state index in [-0.39, 0.29) is 0 Å². The van der Waals surface area contributed by atoms with E-state index >= 15 is 0 Å². The average molecular weight is 197 g/mol. The van der Waals surface area contributed by atoms with Crippen molar-refractivity contribution in [3.63, 3.8) is 0 Å².